The van der Waals surface area contributed by atoms with Crippen LogP contribution in [0.15, 0.2) is 48.9 Å². The molecule has 2 aromatic heterocycles. The first-order valence-corrected chi connectivity index (χ1v) is 8.77. The van der Waals surface area contributed by atoms with Crippen LogP contribution in [-0.4, -0.2) is 45.0 Å². The van der Waals surface area contributed by atoms with Gasteiger partial charge in [0.05, 0.1) is 6.04 Å². The number of pyridine rings is 1. The van der Waals surface area contributed by atoms with E-state index in [1.54, 1.807) is 35.0 Å². The Hall–Kier alpha value is -2.51. The summed E-state index contributed by atoms with van der Waals surface area (Å²) >= 11 is 0. The smallest absolute Gasteiger partial charge is 0.254 e. The Kier molecular flexibility index (Phi) is 4.57. The van der Waals surface area contributed by atoms with Crippen molar-refractivity contribution in [3.05, 3.63) is 65.9 Å². The van der Waals surface area contributed by atoms with E-state index in [9.17, 15) is 9.18 Å². The van der Waals surface area contributed by atoms with Crippen LogP contribution in [0.25, 0.3) is 5.65 Å². The number of fused-ring (bicyclic) bond motifs is 2. The lowest BCUT2D eigenvalue weighted by Gasteiger charge is -2.28. The van der Waals surface area contributed by atoms with Crippen molar-refractivity contribution < 1.29 is 9.18 Å². The molecule has 0 bridgehead atoms. The first-order valence-electron chi connectivity index (χ1n) is 8.77. The number of amides is 1. The van der Waals surface area contributed by atoms with Gasteiger partial charge in [0.15, 0.2) is 5.65 Å². The van der Waals surface area contributed by atoms with Crippen LogP contribution in [0.2, 0.25) is 0 Å². The van der Waals surface area contributed by atoms with Gasteiger partial charge in [0, 0.05) is 37.3 Å². The normalized spacial score (nSPS) is 24.0. The molecule has 6 nitrogen and oxygen atoms in total. The van der Waals surface area contributed by atoms with Gasteiger partial charge in [0.1, 0.15) is 12.1 Å². The van der Waals surface area contributed by atoms with Crippen molar-refractivity contribution in [1.29, 1.82) is 0 Å². The molecule has 2 aliphatic heterocycles. The molecule has 0 spiro atoms. The van der Waals surface area contributed by atoms with Gasteiger partial charge in [0.25, 0.3) is 5.91 Å². The summed E-state index contributed by atoms with van der Waals surface area (Å²) in [4.78, 5) is 19.3. The number of carbonyl (C=O) groups is 1. The van der Waals surface area contributed by atoms with Crippen molar-refractivity contribution in [2.24, 2.45) is 11.8 Å². The molecule has 27 heavy (non-hydrogen) atoms. The average molecular weight is 388 g/mol. The van der Waals surface area contributed by atoms with Crippen LogP contribution in [-0.2, 0) is 0 Å². The van der Waals surface area contributed by atoms with Gasteiger partial charge in [-0.25, -0.2) is 13.9 Å². The SMILES string of the molecule is Cl.O=C(c1ccn2ncnc2c1)N1C[C@@H]2CNC[C@@H]2[C@H]1c1cccc(F)c1. The summed E-state index contributed by atoms with van der Waals surface area (Å²) < 4.78 is 15.4. The zero-order valence-corrected chi connectivity index (χ0v) is 15.3. The van der Waals surface area contributed by atoms with Crippen LogP contribution < -0.4 is 5.32 Å². The molecule has 4 heterocycles. The number of nitrogens with one attached hydrogen (secondary N) is 1. The first-order chi connectivity index (χ1) is 12.7. The Morgan fingerprint density at radius 2 is 2.11 bits per heavy atom. The second kappa shape index (κ2) is 6.90. The van der Waals surface area contributed by atoms with Crippen molar-refractivity contribution in [3.63, 3.8) is 0 Å². The standard InChI is InChI=1S/C19H18FN5O.ClH/c20-15-3-1-2-12(6-15)18-16-9-21-8-14(16)10-24(18)19(26)13-4-5-25-17(7-13)22-11-23-25;/h1-7,11,14,16,18,21H,8-10H2;1H/t14-,16-,18+;/m0./s1. The van der Waals surface area contributed by atoms with Gasteiger partial charge in [-0.1, -0.05) is 12.1 Å². The summed E-state index contributed by atoms with van der Waals surface area (Å²) in [6.07, 6.45) is 3.20. The van der Waals surface area contributed by atoms with Gasteiger partial charge in [-0.3, -0.25) is 4.79 Å². The van der Waals surface area contributed by atoms with Gasteiger partial charge in [-0.05, 0) is 35.7 Å². The number of carbonyl (C=O) groups excluding carboxylic acids is 1. The van der Waals surface area contributed by atoms with Gasteiger partial charge in [0.2, 0.25) is 0 Å². The zero-order valence-electron chi connectivity index (χ0n) is 14.5. The molecular formula is C19H19ClFN5O. The topological polar surface area (TPSA) is 62.5 Å². The summed E-state index contributed by atoms with van der Waals surface area (Å²) in [5.41, 5.74) is 2.08. The monoisotopic (exact) mass is 387 g/mol. The van der Waals surface area contributed by atoms with E-state index >= 15 is 0 Å². The van der Waals surface area contributed by atoms with E-state index in [0.717, 1.165) is 18.7 Å². The minimum Gasteiger partial charge on any atom is -0.331 e. The molecule has 0 radical (unpaired) electrons. The molecule has 5 rings (SSSR count). The molecule has 0 unspecified atom stereocenters. The van der Waals surface area contributed by atoms with Crippen molar-refractivity contribution >= 4 is 24.0 Å². The van der Waals surface area contributed by atoms with Gasteiger partial charge in [-0.15, -0.1) is 12.4 Å². The number of rotatable bonds is 2. The predicted octanol–water partition coefficient (Wildman–Crippen LogP) is 2.32. The maximum atomic E-state index is 13.8. The van der Waals surface area contributed by atoms with Gasteiger partial charge >= 0.3 is 0 Å². The average Bonchev–Trinajstić information content (AvgIpc) is 3.35. The third kappa shape index (κ3) is 2.96. The van der Waals surface area contributed by atoms with E-state index in [1.165, 1.54) is 12.4 Å². The van der Waals surface area contributed by atoms with E-state index in [1.807, 2.05) is 11.0 Å². The fourth-order valence-electron chi connectivity index (χ4n) is 4.36. The molecule has 3 aromatic rings. The summed E-state index contributed by atoms with van der Waals surface area (Å²) in [5, 5.41) is 7.47. The lowest BCUT2D eigenvalue weighted by atomic mass is 9.89. The van der Waals surface area contributed by atoms with E-state index < -0.39 is 0 Å². The van der Waals surface area contributed by atoms with Crippen LogP contribution in [0, 0.1) is 17.7 Å². The Morgan fingerprint density at radius 1 is 1.22 bits per heavy atom. The Labute approximate surface area is 161 Å². The molecule has 1 amide bonds. The number of halogens is 2. The second-order valence-electron chi connectivity index (χ2n) is 7.02. The highest BCUT2D eigenvalue weighted by Crippen LogP contribution is 2.43. The summed E-state index contributed by atoms with van der Waals surface area (Å²) in [6, 6.07) is 10.0. The van der Waals surface area contributed by atoms with E-state index in [4.69, 9.17) is 0 Å². The van der Waals surface area contributed by atoms with Gasteiger partial charge < -0.3 is 10.2 Å². The number of benzene rings is 1. The van der Waals surface area contributed by atoms with Crippen LogP contribution >= 0.6 is 12.4 Å². The summed E-state index contributed by atoms with van der Waals surface area (Å²) in [5.74, 6) is 0.384. The number of aromatic nitrogens is 3. The lowest BCUT2D eigenvalue weighted by Crippen LogP contribution is -2.34. The first kappa shape index (κ1) is 17.9. The third-order valence-electron chi connectivity index (χ3n) is 5.54. The molecule has 2 fully saturated rings. The molecule has 3 atom stereocenters. The van der Waals surface area contributed by atoms with Crippen LogP contribution in [0.5, 0.6) is 0 Å². The summed E-state index contributed by atoms with van der Waals surface area (Å²) in [7, 11) is 0. The molecule has 0 aliphatic carbocycles. The van der Waals surface area contributed by atoms with Crippen molar-refractivity contribution in [1.82, 2.24) is 24.8 Å². The number of nitrogens with zero attached hydrogens (tertiary/aromatic N) is 4. The van der Waals surface area contributed by atoms with Crippen molar-refractivity contribution in [3.8, 4) is 0 Å². The van der Waals surface area contributed by atoms with Gasteiger partial charge in [-0.2, -0.15) is 5.10 Å². The van der Waals surface area contributed by atoms with E-state index in [0.29, 0.717) is 29.6 Å². The number of hydrogen-bond donors (Lipinski definition) is 1. The minimum absolute atomic E-state index is 0. The van der Waals surface area contributed by atoms with Crippen LogP contribution in [0.3, 0.4) is 0 Å². The maximum absolute atomic E-state index is 13.8. The number of likely N-dealkylation sites (tertiary alicyclic amines) is 1. The Balaban J connectivity index is 0.00000180. The Bertz CT molecular complexity index is 993. The fraction of sp³-hybridized carbons (Fsp3) is 0.316. The molecule has 2 saturated heterocycles. The third-order valence-corrected chi connectivity index (χ3v) is 5.54. The van der Waals surface area contributed by atoms with Crippen molar-refractivity contribution in [2.75, 3.05) is 19.6 Å². The number of hydrogen-bond acceptors (Lipinski definition) is 4. The van der Waals surface area contributed by atoms with E-state index in [-0.39, 0.29) is 30.2 Å². The fourth-order valence-corrected chi connectivity index (χ4v) is 4.36. The highest BCUT2D eigenvalue weighted by Gasteiger charge is 2.46. The quantitative estimate of drug-likeness (QED) is 0.733. The summed E-state index contributed by atoms with van der Waals surface area (Å²) in [6.45, 7) is 2.41. The van der Waals surface area contributed by atoms with Crippen LogP contribution in [0.1, 0.15) is 22.0 Å². The predicted molar refractivity (Wildman–Crippen MR) is 100 cm³/mol. The highest BCUT2D eigenvalue weighted by atomic mass is 35.5. The maximum Gasteiger partial charge on any atom is 0.254 e. The molecule has 140 valence electrons. The molecule has 8 heteroatoms. The zero-order chi connectivity index (χ0) is 17.7. The molecule has 1 aromatic carbocycles. The highest BCUT2D eigenvalue weighted by molar-refractivity contribution is 5.95. The Morgan fingerprint density at radius 3 is 2.96 bits per heavy atom. The van der Waals surface area contributed by atoms with Crippen LogP contribution in [0.4, 0.5) is 4.39 Å². The van der Waals surface area contributed by atoms with Crippen molar-refractivity contribution in [2.45, 2.75) is 6.04 Å². The lowest BCUT2D eigenvalue weighted by molar-refractivity contribution is 0.0713. The van der Waals surface area contributed by atoms with E-state index in [2.05, 4.69) is 15.4 Å². The molecular weight excluding hydrogens is 369 g/mol. The second-order valence-corrected chi connectivity index (χ2v) is 7.02. The molecule has 2 aliphatic rings. The molecule has 0 saturated carbocycles. The molecule has 1 N–H and O–H groups in total. The largest absolute Gasteiger partial charge is 0.331 e. The minimum atomic E-state index is -0.269.